The van der Waals surface area contributed by atoms with Crippen molar-refractivity contribution < 1.29 is 0 Å². The maximum atomic E-state index is 12.7. The van der Waals surface area contributed by atoms with Crippen molar-refractivity contribution in [1.82, 2.24) is 14.9 Å². The number of fused-ring (bicyclic) bond motifs is 5. The Morgan fingerprint density at radius 2 is 2.04 bits per heavy atom. The summed E-state index contributed by atoms with van der Waals surface area (Å²) < 4.78 is 1.96. The molecule has 4 nitrogen and oxygen atoms in total. The van der Waals surface area contributed by atoms with Crippen LogP contribution in [0.5, 0.6) is 0 Å². The Morgan fingerprint density at radius 1 is 1.12 bits per heavy atom. The average molecular weight is 352 g/mol. The van der Waals surface area contributed by atoms with Crippen LogP contribution in [0.4, 0.5) is 0 Å². The predicted molar refractivity (Wildman–Crippen MR) is 100 cm³/mol. The fraction of sp³-hybridized carbons (Fsp3) is 0.300. The fourth-order valence-electron chi connectivity index (χ4n) is 4.21. The maximum Gasteiger partial charge on any atom is 0.251 e. The summed E-state index contributed by atoms with van der Waals surface area (Å²) in [4.78, 5) is 17.4. The van der Waals surface area contributed by atoms with Crippen LogP contribution in [0, 0.1) is 5.92 Å². The second-order valence-corrected chi connectivity index (χ2v) is 7.54. The number of hydrogen-bond acceptors (Lipinski definition) is 3. The lowest BCUT2D eigenvalue weighted by Gasteiger charge is -2.37. The predicted octanol–water partition coefficient (Wildman–Crippen LogP) is 3.42. The molecule has 2 bridgehead atoms. The molecule has 0 aliphatic carbocycles. The van der Waals surface area contributed by atoms with E-state index in [9.17, 15) is 4.79 Å². The standard InChI is InChI=1S/C20H18ClN3O/c21-16-2-4-17-13(6-16)1-3-18(23-17)14-7-19-15-5-12(9-22-10-15)11-24(19)20(25)8-14/h1-4,6-8,12,15,22H,5,9-11H2/t12-,15+/m0/s1. The smallest absolute Gasteiger partial charge is 0.251 e. The molecule has 0 saturated carbocycles. The third-order valence-electron chi connectivity index (χ3n) is 5.41. The largest absolute Gasteiger partial charge is 0.316 e. The molecular formula is C20H18ClN3O. The van der Waals surface area contributed by atoms with Gasteiger partial charge in [0.25, 0.3) is 5.56 Å². The first kappa shape index (κ1) is 15.1. The lowest BCUT2D eigenvalue weighted by atomic mass is 9.83. The lowest BCUT2D eigenvalue weighted by Crippen LogP contribution is -2.44. The molecule has 3 aromatic rings. The quantitative estimate of drug-likeness (QED) is 0.730. The molecule has 5 heteroatoms. The molecule has 2 aromatic heterocycles. The van der Waals surface area contributed by atoms with Gasteiger partial charge in [0, 0.05) is 46.7 Å². The van der Waals surface area contributed by atoms with Crippen molar-refractivity contribution in [3.8, 4) is 11.3 Å². The molecule has 126 valence electrons. The van der Waals surface area contributed by atoms with Crippen LogP contribution >= 0.6 is 11.6 Å². The topological polar surface area (TPSA) is 46.9 Å². The Balaban J connectivity index is 1.64. The summed E-state index contributed by atoms with van der Waals surface area (Å²) in [5.41, 5.74) is 3.85. The second kappa shape index (κ2) is 5.68. The number of rotatable bonds is 1. The first-order valence-electron chi connectivity index (χ1n) is 8.69. The molecule has 2 atom stereocenters. The molecule has 1 saturated heterocycles. The van der Waals surface area contributed by atoms with Crippen molar-refractivity contribution in [3.05, 3.63) is 63.5 Å². The molecule has 2 aliphatic heterocycles. The SMILES string of the molecule is O=c1cc(-c2ccc3cc(Cl)ccc3n2)cc2n1C[C@@H]1CNC[C@H]2C1. The van der Waals surface area contributed by atoms with Gasteiger partial charge in [-0.25, -0.2) is 4.98 Å². The summed E-state index contributed by atoms with van der Waals surface area (Å²) in [5, 5.41) is 5.20. The molecule has 0 radical (unpaired) electrons. The van der Waals surface area contributed by atoms with Gasteiger partial charge in [0.1, 0.15) is 0 Å². The zero-order valence-electron chi connectivity index (χ0n) is 13.7. The van der Waals surface area contributed by atoms with Gasteiger partial charge in [0.15, 0.2) is 0 Å². The Labute approximate surface area is 150 Å². The number of pyridine rings is 2. The van der Waals surface area contributed by atoms with E-state index in [4.69, 9.17) is 16.6 Å². The van der Waals surface area contributed by atoms with E-state index in [-0.39, 0.29) is 5.56 Å². The second-order valence-electron chi connectivity index (χ2n) is 7.11. The summed E-state index contributed by atoms with van der Waals surface area (Å²) in [7, 11) is 0. The molecule has 1 fully saturated rings. The number of nitrogens with zero attached hydrogens (tertiary/aromatic N) is 2. The highest BCUT2D eigenvalue weighted by atomic mass is 35.5. The third kappa shape index (κ3) is 2.57. The maximum absolute atomic E-state index is 12.7. The minimum absolute atomic E-state index is 0.0853. The molecule has 25 heavy (non-hydrogen) atoms. The molecule has 1 N–H and O–H groups in total. The van der Waals surface area contributed by atoms with E-state index in [1.165, 1.54) is 6.42 Å². The normalized spacial score (nSPS) is 22.0. The van der Waals surface area contributed by atoms with Crippen LogP contribution < -0.4 is 10.9 Å². The van der Waals surface area contributed by atoms with Crippen LogP contribution in [-0.4, -0.2) is 22.6 Å². The van der Waals surface area contributed by atoms with Crippen LogP contribution in [0.15, 0.2) is 47.3 Å². The van der Waals surface area contributed by atoms with Crippen molar-refractivity contribution in [2.24, 2.45) is 5.92 Å². The van der Waals surface area contributed by atoms with Gasteiger partial charge in [0.05, 0.1) is 11.2 Å². The highest BCUT2D eigenvalue weighted by Crippen LogP contribution is 2.33. The Kier molecular flexibility index (Phi) is 3.43. The van der Waals surface area contributed by atoms with Gasteiger partial charge in [-0.3, -0.25) is 4.79 Å². The molecule has 0 unspecified atom stereocenters. The lowest BCUT2D eigenvalue weighted by molar-refractivity contribution is 0.257. The number of halogens is 1. The monoisotopic (exact) mass is 351 g/mol. The van der Waals surface area contributed by atoms with Gasteiger partial charge in [-0.2, -0.15) is 0 Å². The number of hydrogen-bond donors (Lipinski definition) is 1. The molecule has 1 aromatic carbocycles. The molecular weight excluding hydrogens is 334 g/mol. The van der Waals surface area contributed by atoms with Gasteiger partial charge in [-0.1, -0.05) is 17.7 Å². The van der Waals surface area contributed by atoms with E-state index in [1.807, 2.05) is 34.9 Å². The molecule has 0 spiro atoms. The van der Waals surface area contributed by atoms with E-state index >= 15 is 0 Å². The Hall–Kier alpha value is -2.17. The molecule has 4 heterocycles. The first-order valence-corrected chi connectivity index (χ1v) is 9.07. The van der Waals surface area contributed by atoms with E-state index in [0.29, 0.717) is 16.9 Å². The number of piperidine rings is 1. The zero-order valence-corrected chi connectivity index (χ0v) is 14.5. The molecule has 0 amide bonds. The van der Waals surface area contributed by atoms with E-state index < -0.39 is 0 Å². The van der Waals surface area contributed by atoms with Crippen LogP contribution in [-0.2, 0) is 6.54 Å². The summed E-state index contributed by atoms with van der Waals surface area (Å²) in [6, 6.07) is 13.5. The minimum atomic E-state index is 0.0853. The summed E-state index contributed by atoms with van der Waals surface area (Å²) in [5.74, 6) is 0.984. The van der Waals surface area contributed by atoms with Crippen LogP contribution in [0.2, 0.25) is 5.02 Å². The third-order valence-corrected chi connectivity index (χ3v) is 5.64. The molecule has 5 rings (SSSR count). The van der Waals surface area contributed by atoms with Crippen LogP contribution in [0.1, 0.15) is 18.0 Å². The minimum Gasteiger partial charge on any atom is -0.316 e. The van der Waals surface area contributed by atoms with Gasteiger partial charge >= 0.3 is 0 Å². The van der Waals surface area contributed by atoms with Crippen LogP contribution in [0.3, 0.4) is 0 Å². The van der Waals surface area contributed by atoms with E-state index in [1.54, 1.807) is 6.07 Å². The van der Waals surface area contributed by atoms with Crippen molar-refractivity contribution in [2.75, 3.05) is 13.1 Å². The van der Waals surface area contributed by atoms with Crippen molar-refractivity contribution >= 4 is 22.5 Å². The summed E-state index contributed by atoms with van der Waals surface area (Å²) in [6.45, 7) is 2.78. The highest BCUT2D eigenvalue weighted by molar-refractivity contribution is 6.31. The summed E-state index contributed by atoms with van der Waals surface area (Å²) >= 11 is 6.05. The Morgan fingerprint density at radius 3 is 2.96 bits per heavy atom. The van der Waals surface area contributed by atoms with E-state index in [2.05, 4.69) is 11.4 Å². The van der Waals surface area contributed by atoms with Crippen molar-refractivity contribution in [1.29, 1.82) is 0 Å². The zero-order chi connectivity index (χ0) is 17.0. The van der Waals surface area contributed by atoms with Crippen molar-refractivity contribution in [2.45, 2.75) is 18.9 Å². The van der Waals surface area contributed by atoms with Crippen molar-refractivity contribution in [3.63, 3.8) is 0 Å². The number of benzene rings is 1. The van der Waals surface area contributed by atoms with Crippen LogP contribution in [0.25, 0.3) is 22.2 Å². The molecule has 2 aliphatic rings. The fourth-order valence-corrected chi connectivity index (χ4v) is 4.39. The average Bonchev–Trinajstić information content (AvgIpc) is 2.62. The van der Waals surface area contributed by atoms with Gasteiger partial charge in [0.2, 0.25) is 0 Å². The number of aromatic nitrogens is 2. The van der Waals surface area contributed by atoms with E-state index in [0.717, 1.165) is 47.5 Å². The van der Waals surface area contributed by atoms with Gasteiger partial charge in [-0.05, 0) is 49.2 Å². The Bertz CT molecular complexity index is 1040. The van der Waals surface area contributed by atoms with Gasteiger partial charge in [-0.15, -0.1) is 0 Å². The van der Waals surface area contributed by atoms with Gasteiger partial charge < -0.3 is 9.88 Å². The first-order chi connectivity index (χ1) is 12.2. The highest BCUT2D eigenvalue weighted by Gasteiger charge is 2.31. The number of nitrogens with one attached hydrogen (secondary N) is 1. The summed E-state index contributed by atoms with van der Waals surface area (Å²) in [6.07, 6.45) is 1.17.